The molecule has 2 rings (SSSR count). The molecule has 7 heteroatoms. The van der Waals surface area contributed by atoms with Crippen molar-refractivity contribution < 1.29 is 4.74 Å². The number of benzene rings is 1. The fourth-order valence-corrected chi connectivity index (χ4v) is 3.20. The molecule has 2 N–H and O–H groups in total. The molecule has 0 saturated heterocycles. The molecule has 0 saturated carbocycles. The SMILES string of the molecule is CN=C(NCCCCOCc1ccccc1)NC(C)Cc1c(C)nn(C)c1C.I. The number of unbranched alkanes of at least 4 members (excludes halogenated alkanes) is 1. The van der Waals surface area contributed by atoms with E-state index in [4.69, 9.17) is 4.74 Å². The van der Waals surface area contributed by atoms with Crippen molar-refractivity contribution in [3.05, 3.63) is 52.8 Å². The summed E-state index contributed by atoms with van der Waals surface area (Å²) in [5.74, 6) is 0.844. The van der Waals surface area contributed by atoms with Crippen molar-refractivity contribution in [1.82, 2.24) is 20.4 Å². The fourth-order valence-electron chi connectivity index (χ4n) is 3.20. The number of aromatic nitrogens is 2. The van der Waals surface area contributed by atoms with E-state index in [0.717, 1.165) is 44.1 Å². The molecule has 0 aliphatic rings. The van der Waals surface area contributed by atoms with Crippen molar-refractivity contribution in [3.8, 4) is 0 Å². The van der Waals surface area contributed by atoms with E-state index in [2.05, 4.69) is 53.6 Å². The van der Waals surface area contributed by atoms with Gasteiger partial charge < -0.3 is 15.4 Å². The lowest BCUT2D eigenvalue weighted by Gasteiger charge is -2.18. The Morgan fingerprint density at radius 3 is 2.55 bits per heavy atom. The Balaban J connectivity index is 0.00000420. The van der Waals surface area contributed by atoms with Crippen LogP contribution in [0.15, 0.2) is 35.3 Å². The Morgan fingerprint density at radius 2 is 1.93 bits per heavy atom. The molecule has 0 aliphatic heterocycles. The summed E-state index contributed by atoms with van der Waals surface area (Å²) < 4.78 is 7.68. The van der Waals surface area contributed by atoms with Crippen LogP contribution in [0.1, 0.15) is 42.3 Å². The van der Waals surface area contributed by atoms with E-state index in [1.54, 1.807) is 0 Å². The van der Waals surface area contributed by atoms with Gasteiger partial charge in [0.05, 0.1) is 12.3 Å². The van der Waals surface area contributed by atoms with Crippen LogP contribution in [-0.2, 0) is 24.8 Å². The fraction of sp³-hybridized carbons (Fsp3) is 0.545. The highest BCUT2D eigenvalue weighted by Gasteiger charge is 2.13. The smallest absolute Gasteiger partial charge is 0.191 e. The van der Waals surface area contributed by atoms with Gasteiger partial charge in [-0.05, 0) is 51.2 Å². The van der Waals surface area contributed by atoms with Crippen LogP contribution in [0.25, 0.3) is 0 Å². The molecule has 1 aromatic heterocycles. The molecule has 0 radical (unpaired) electrons. The van der Waals surface area contributed by atoms with Gasteiger partial charge in [0, 0.05) is 39.0 Å². The molecule has 162 valence electrons. The molecule has 2 aromatic rings. The quantitative estimate of drug-likeness (QED) is 0.220. The number of hydrogen-bond donors (Lipinski definition) is 2. The zero-order valence-electron chi connectivity index (χ0n) is 18.4. The highest BCUT2D eigenvalue weighted by atomic mass is 127. The van der Waals surface area contributed by atoms with Crippen LogP contribution < -0.4 is 10.6 Å². The van der Waals surface area contributed by atoms with Gasteiger partial charge in [0.15, 0.2) is 5.96 Å². The highest BCUT2D eigenvalue weighted by molar-refractivity contribution is 14.0. The Labute approximate surface area is 192 Å². The van der Waals surface area contributed by atoms with Crippen LogP contribution in [0, 0.1) is 13.8 Å². The lowest BCUT2D eigenvalue weighted by Crippen LogP contribution is -2.43. The first-order valence-corrected chi connectivity index (χ1v) is 10.1. The zero-order chi connectivity index (χ0) is 20.4. The summed E-state index contributed by atoms with van der Waals surface area (Å²) in [7, 11) is 3.81. The van der Waals surface area contributed by atoms with Crippen molar-refractivity contribution in [2.45, 2.75) is 52.7 Å². The van der Waals surface area contributed by atoms with Crippen LogP contribution in [0.5, 0.6) is 0 Å². The normalized spacial score (nSPS) is 12.4. The molecule has 1 unspecified atom stereocenters. The highest BCUT2D eigenvalue weighted by Crippen LogP contribution is 2.14. The number of rotatable bonds is 10. The molecule has 6 nitrogen and oxygen atoms in total. The molecule has 0 bridgehead atoms. The van der Waals surface area contributed by atoms with Gasteiger partial charge in [-0.2, -0.15) is 5.10 Å². The van der Waals surface area contributed by atoms with Crippen molar-refractivity contribution in [3.63, 3.8) is 0 Å². The molecule has 0 fully saturated rings. The Hall–Kier alpha value is -1.61. The van der Waals surface area contributed by atoms with E-state index in [9.17, 15) is 0 Å². The maximum atomic E-state index is 5.73. The van der Waals surface area contributed by atoms with Gasteiger partial charge in [0.1, 0.15) is 0 Å². The summed E-state index contributed by atoms with van der Waals surface area (Å²) in [5, 5.41) is 11.4. The Kier molecular flexibility index (Phi) is 11.9. The molecular weight excluding hydrogens is 477 g/mol. The third-order valence-electron chi connectivity index (χ3n) is 4.90. The van der Waals surface area contributed by atoms with Gasteiger partial charge in [-0.3, -0.25) is 9.67 Å². The molecule has 0 amide bonds. The number of nitrogens with zero attached hydrogens (tertiary/aromatic N) is 3. The summed E-state index contributed by atoms with van der Waals surface area (Å²) in [5.41, 5.74) is 4.86. The molecule has 0 aliphatic carbocycles. The predicted molar refractivity (Wildman–Crippen MR) is 131 cm³/mol. The minimum Gasteiger partial charge on any atom is -0.377 e. The molecule has 0 spiro atoms. The summed E-state index contributed by atoms with van der Waals surface area (Å²) >= 11 is 0. The number of nitrogens with one attached hydrogen (secondary N) is 2. The van der Waals surface area contributed by atoms with Gasteiger partial charge in [-0.1, -0.05) is 30.3 Å². The average Bonchev–Trinajstić information content (AvgIpc) is 2.93. The van der Waals surface area contributed by atoms with E-state index in [1.807, 2.05) is 37.0 Å². The van der Waals surface area contributed by atoms with Crippen LogP contribution in [-0.4, -0.2) is 42.0 Å². The maximum absolute atomic E-state index is 5.73. The summed E-state index contributed by atoms with van der Waals surface area (Å²) in [6.07, 6.45) is 3.00. The first-order valence-electron chi connectivity index (χ1n) is 10.1. The molecule has 29 heavy (non-hydrogen) atoms. The van der Waals surface area contributed by atoms with E-state index in [1.165, 1.54) is 16.8 Å². The third kappa shape index (κ3) is 8.74. The van der Waals surface area contributed by atoms with Crippen LogP contribution in [0.2, 0.25) is 0 Å². The predicted octanol–water partition coefficient (Wildman–Crippen LogP) is 3.75. The minimum atomic E-state index is 0. The first kappa shape index (κ1) is 25.4. The van der Waals surface area contributed by atoms with E-state index in [-0.39, 0.29) is 30.0 Å². The van der Waals surface area contributed by atoms with Crippen molar-refractivity contribution in [2.24, 2.45) is 12.0 Å². The summed E-state index contributed by atoms with van der Waals surface area (Å²) in [6, 6.07) is 10.6. The van der Waals surface area contributed by atoms with E-state index >= 15 is 0 Å². The number of guanidine groups is 1. The molecule has 1 aromatic carbocycles. The number of aryl methyl sites for hydroxylation is 2. The van der Waals surface area contributed by atoms with Gasteiger partial charge in [-0.25, -0.2) is 0 Å². The largest absolute Gasteiger partial charge is 0.377 e. The number of halogens is 1. The van der Waals surface area contributed by atoms with Crippen LogP contribution in [0.4, 0.5) is 0 Å². The van der Waals surface area contributed by atoms with Gasteiger partial charge in [0.25, 0.3) is 0 Å². The topological polar surface area (TPSA) is 63.5 Å². The van der Waals surface area contributed by atoms with Gasteiger partial charge in [-0.15, -0.1) is 24.0 Å². The second-order valence-electron chi connectivity index (χ2n) is 7.27. The lowest BCUT2D eigenvalue weighted by molar-refractivity contribution is 0.117. The standard InChI is InChI=1S/C22H35N5O.HI/c1-17(15-21-18(2)26-27(5)19(21)3)25-22(23-4)24-13-9-10-14-28-16-20-11-7-6-8-12-20;/h6-8,11-12,17H,9-10,13-16H2,1-5H3,(H2,23,24,25);1H. The first-order chi connectivity index (χ1) is 13.5. The molecular formula is C22H36IN5O. The zero-order valence-corrected chi connectivity index (χ0v) is 20.7. The van der Waals surface area contributed by atoms with E-state index < -0.39 is 0 Å². The summed E-state index contributed by atoms with van der Waals surface area (Å²) in [4.78, 5) is 4.34. The van der Waals surface area contributed by atoms with Crippen molar-refractivity contribution in [2.75, 3.05) is 20.2 Å². The monoisotopic (exact) mass is 513 g/mol. The Bertz CT molecular complexity index is 745. The summed E-state index contributed by atoms with van der Waals surface area (Å²) in [6.45, 7) is 8.71. The van der Waals surface area contributed by atoms with Crippen LogP contribution >= 0.6 is 24.0 Å². The second-order valence-corrected chi connectivity index (χ2v) is 7.27. The van der Waals surface area contributed by atoms with Crippen molar-refractivity contribution >= 4 is 29.9 Å². The average molecular weight is 513 g/mol. The van der Waals surface area contributed by atoms with Gasteiger partial charge in [0.2, 0.25) is 0 Å². The van der Waals surface area contributed by atoms with Gasteiger partial charge >= 0.3 is 0 Å². The minimum absolute atomic E-state index is 0. The maximum Gasteiger partial charge on any atom is 0.191 e. The number of aliphatic imine (C=N–C) groups is 1. The van der Waals surface area contributed by atoms with Crippen molar-refractivity contribution in [1.29, 1.82) is 0 Å². The molecule has 1 heterocycles. The Morgan fingerprint density at radius 1 is 1.21 bits per heavy atom. The number of hydrogen-bond acceptors (Lipinski definition) is 3. The lowest BCUT2D eigenvalue weighted by atomic mass is 10.1. The third-order valence-corrected chi connectivity index (χ3v) is 4.90. The van der Waals surface area contributed by atoms with Crippen LogP contribution in [0.3, 0.4) is 0 Å². The number of ether oxygens (including phenoxy) is 1. The molecule has 1 atom stereocenters. The second kappa shape index (κ2) is 13.6. The van der Waals surface area contributed by atoms with E-state index in [0.29, 0.717) is 6.61 Å².